The van der Waals surface area contributed by atoms with E-state index in [1.165, 1.54) is 0 Å². The molecule has 2 heterocycles. The number of rotatable bonds is 6. The molecular formula is C22H23N3O3. The van der Waals surface area contributed by atoms with Crippen molar-refractivity contribution >= 4 is 22.9 Å². The molecule has 0 radical (unpaired) electrons. The maximum Gasteiger partial charge on any atom is 0.326 e. The van der Waals surface area contributed by atoms with Crippen LogP contribution in [0.2, 0.25) is 0 Å². The molecule has 1 saturated heterocycles. The summed E-state index contributed by atoms with van der Waals surface area (Å²) in [6.07, 6.45) is 0.402. The van der Waals surface area contributed by atoms with Crippen molar-refractivity contribution in [3.8, 4) is 0 Å². The number of esters is 1. The van der Waals surface area contributed by atoms with Gasteiger partial charge in [-0.3, -0.25) is 9.59 Å². The average molecular weight is 377 g/mol. The number of carbonyl (C=O) groups excluding carboxylic acids is 2. The number of para-hydroxylation sites is 2. The van der Waals surface area contributed by atoms with Gasteiger partial charge in [-0.1, -0.05) is 42.5 Å². The number of aromatic nitrogens is 2. The van der Waals surface area contributed by atoms with E-state index in [9.17, 15) is 9.59 Å². The molecule has 4 rings (SSSR count). The van der Waals surface area contributed by atoms with E-state index in [1.54, 1.807) is 6.92 Å². The standard InChI is InChI=1S/C22H23N3O3/c1-2-28-21(27)15-25-19-11-7-6-10-18(19)23-22(25)17-12-20(26)24(14-17)13-16-8-4-3-5-9-16/h3-11,17H,2,12-15H2,1H3/t17-/m0/s1. The molecule has 144 valence electrons. The molecule has 1 aromatic heterocycles. The summed E-state index contributed by atoms with van der Waals surface area (Å²) >= 11 is 0. The summed E-state index contributed by atoms with van der Waals surface area (Å²) in [5, 5.41) is 0. The molecule has 28 heavy (non-hydrogen) atoms. The molecule has 0 N–H and O–H groups in total. The number of amides is 1. The minimum absolute atomic E-state index is 0.0435. The Morgan fingerprint density at radius 1 is 1.14 bits per heavy atom. The van der Waals surface area contributed by atoms with Gasteiger partial charge in [-0.25, -0.2) is 4.98 Å². The van der Waals surface area contributed by atoms with E-state index in [0.717, 1.165) is 22.4 Å². The van der Waals surface area contributed by atoms with E-state index >= 15 is 0 Å². The van der Waals surface area contributed by atoms with Crippen molar-refractivity contribution in [3.05, 3.63) is 66.0 Å². The molecule has 0 saturated carbocycles. The molecule has 1 amide bonds. The molecule has 1 fully saturated rings. The van der Waals surface area contributed by atoms with Crippen LogP contribution in [-0.4, -0.2) is 39.5 Å². The Bertz CT molecular complexity index is 997. The highest BCUT2D eigenvalue weighted by atomic mass is 16.5. The minimum atomic E-state index is -0.294. The summed E-state index contributed by atoms with van der Waals surface area (Å²) in [6.45, 7) is 3.43. The van der Waals surface area contributed by atoms with Crippen molar-refractivity contribution in [2.24, 2.45) is 0 Å². The van der Waals surface area contributed by atoms with Crippen LogP contribution >= 0.6 is 0 Å². The van der Waals surface area contributed by atoms with E-state index in [4.69, 9.17) is 9.72 Å². The molecule has 6 heteroatoms. The zero-order valence-electron chi connectivity index (χ0n) is 15.9. The van der Waals surface area contributed by atoms with Gasteiger partial charge in [0, 0.05) is 25.4 Å². The first-order chi connectivity index (χ1) is 13.7. The van der Waals surface area contributed by atoms with Gasteiger partial charge in [0.1, 0.15) is 12.4 Å². The summed E-state index contributed by atoms with van der Waals surface area (Å²) in [5.41, 5.74) is 2.83. The fourth-order valence-corrected chi connectivity index (χ4v) is 3.81. The van der Waals surface area contributed by atoms with Gasteiger partial charge < -0.3 is 14.2 Å². The van der Waals surface area contributed by atoms with Crippen LogP contribution in [0, 0.1) is 0 Å². The topological polar surface area (TPSA) is 64.4 Å². The van der Waals surface area contributed by atoms with Crippen LogP contribution in [0.5, 0.6) is 0 Å². The molecule has 0 aliphatic carbocycles. The minimum Gasteiger partial charge on any atom is -0.465 e. The quantitative estimate of drug-likeness (QED) is 0.619. The number of imidazole rings is 1. The summed E-state index contributed by atoms with van der Waals surface area (Å²) in [7, 11) is 0. The third-order valence-corrected chi connectivity index (χ3v) is 5.07. The fourth-order valence-electron chi connectivity index (χ4n) is 3.81. The number of likely N-dealkylation sites (tertiary alicyclic amines) is 1. The molecule has 6 nitrogen and oxygen atoms in total. The van der Waals surface area contributed by atoms with Crippen molar-refractivity contribution in [2.45, 2.75) is 32.4 Å². The van der Waals surface area contributed by atoms with Gasteiger partial charge in [0.05, 0.1) is 17.6 Å². The molecule has 0 bridgehead atoms. The van der Waals surface area contributed by atoms with Crippen molar-refractivity contribution in [1.82, 2.24) is 14.5 Å². The van der Waals surface area contributed by atoms with Gasteiger partial charge in [0.15, 0.2) is 0 Å². The van der Waals surface area contributed by atoms with Crippen LogP contribution in [0.3, 0.4) is 0 Å². The molecule has 0 spiro atoms. The number of hydrogen-bond donors (Lipinski definition) is 0. The number of fused-ring (bicyclic) bond motifs is 1. The zero-order valence-corrected chi connectivity index (χ0v) is 15.9. The van der Waals surface area contributed by atoms with Gasteiger partial charge in [0.25, 0.3) is 0 Å². The van der Waals surface area contributed by atoms with Gasteiger partial charge in [0.2, 0.25) is 5.91 Å². The van der Waals surface area contributed by atoms with E-state index in [-0.39, 0.29) is 24.3 Å². The number of carbonyl (C=O) groups is 2. The lowest BCUT2D eigenvalue weighted by Gasteiger charge is -2.17. The van der Waals surface area contributed by atoms with Gasteiger partial charge in [-0.15, -0.1) is 0 Å². The Morgan fingerprint density at radius 3 is 2.68 bits per heavy atom. The first-order valence-corrected chi connectivity index (χ1v) is 9.58. The summed E-state index contributed by atoms with van der Waals surface area (Å²) in [5.74, 6) is 0.553. The lowest BCUT2D eigenvalue weighted by atomic mass is 10.1. The molecule has 3 aromatic rings. The highest BCUT2D eigenvalue weighted by molar-refractivity contribution is 5.82. The normalized spacial score (nSPS) is 16.7. The maximum absolute atomic E-state index is 12.6. The molecule has 1 aliphatic rings. The Labute approximate surface area is 163 Å². The molecular weight excluding hydrogens is 354 g/mol. The maximum atomic E-state index is 12.6. The fraction of sp³-hybridized carbons (Fsp3) is 0.318. The Morgan fingerprint density at radius 2 is 1.89 bits per heavy atom. The Hall–Kier alpha value is -3.15. The number of ether oxygens (including phenoxy) is 1. The smallest absolute Gasteiger partial charge is 0.326 e. The van der Waals surface area contributed by atoms with E-state index < -0.39 is 0 Å². The van der Waals surface area contributed by atoms with Crippen molar-refractivity contribution in [2.75, 3.05) is 13.2 Å². The van der Waals surface area contributed by atoms with Gasteiger partial charge in [-0.2, -0.15) is 0 Å². The SMILES string of the molecule is CCOC(=O)Cn1c([C@H]2CC(=O)N(Cc3ccccc3)C2)nc2ccccc21. The molecule has 1 atom stereocenters. The molecule has 0 unspecified atom stereocenters. The highest BCUT2D eigenvalue weighted by Crippen LogP contribution is 2.31. The zero-order chi connectivity index (χ0) is 19.5. The Kier molecular flexibility index (Phi) is 5.10. The summed E-state index contributed by atoms with van der Waals surface area (Å²) in [6, 6.07) is 17.7. The first-order valence-electron chi connectivity index (χ1n) is 9.58. The van der Waals surface area contributed by atoms with Crippen LogP contribution in [0.25, 0.3) is 11.0 Å². The van der Waals surface area contributed by atoms with Crippen LogP contribution in [0.1, 0.15) is 30.7 Å². The number of benzene rings is 2. The van der Waals surface area contributed by atoms with Crippen molar-refractivity contribution in [1.29, 1.82) is 0 Å². The largest absolute Gasteiger partial charge is 0.465 e. The van der Waals surface area contributed by atoms with E-state index in [1.807, 2.05) is 64.1 Å². The number of nitrogens with zero attached hydrogens (tertiary/aromatic N) is 3. The average Bonchev–Trinajstić information content (AvgIpc) is 3.24. The summed E-state index contributed by atoms with van der Waals surface area (Å²) in [4.78, 5) is 31.4. The molecule has 1 aliphatic heterocycles. The predicted molar refractivity (Wildman–Crippen MR) is 106 cm³/mol. The van der Waals surface area contributed by atoms with Crippen LogP contribution in [0.4, 0.5) is 0 Å². The summed E-state index contributed by atoms with van der Waals surface area (Å²) < 4.78 is 7.04. The monoisotopic (exact) mass is 377 g/mol. The van der Waals surface area contributed by atoms with Crippen LogP contribution in [-0.2, 0) is 27.4 Å². The van der Waals surface area contributed by atoms with Crippen molar-refractivity contribution in [3.63, 3.8) is 0 Å². The van der Waals surface area contributed by atoms with Gasteiger partial charge in [-0.05, 0) is 24.6 Å². The third-order valence-electron chi connectivity index (χ3n) is 5.07. The van der Waals surface area contributed by atoms with E-state index in [2.05, 4.69) is 0 Å². The second-order valence-electron chi connectivity index (χ2n) is 7.01. The predicted octanol–water partition coefficient (Wildman–Crippen LogP) is 3.12. The lowest BCUT2D eigenvalue weighted by molar-refractivity contribution is -0.143. The van der Waals surface area contributed by atoms with Crippen molar-refractivity contribution < 1.29 is 14.3 Å². The highest BCUT2D eigenvalue weighted by Gasteiger charge is 2.34. The van der Waals surface area contributed by atoms with Gasteiger partial charge >= 0.3 is 5.97 Å². The van der Waals surface area contributed by atoms with Crippen LogP contribution < -0.4 is 0 Å². The lowest BCUT2D eigenvalue weighted by Crippen LogP contribution is -2.24. The van der Waals surface area contributed by atoms with E-state index in [0.29, 0.717) is 26.1 Å². The number of hydrogen-bond acceptors (Lipinski definition) is 4. The second kappa shape index (κ2) is 7.84. The second-order valence-corrected chi connectivity index (χ2v) is 7.01. The Balaban J connectivity index is 1.61. The molecule has 2 aromatic carbocycles. The first kappa shape index (κ1) is 18.2. The van der Waals surface area contributed by atoms with Crippen LogP contribution in [0.15, 0.2) is 54.6 Å². The third kappa shape index (κ3) is 3.63.